The molecule has 0 fully saturated rings. The van der Waals surface area contributed by atoms with Crippen molar-refractivity contribution in [3.63, 3.8) is 0 Å². The lowest BCUT2D eigenvalue weighted by atomic mass is 9.81. The summed E-state index contributed by atoms with van der Waals surface area (Å²) in [5.74, 6) is 1.31. The molecule has 3 heterocycles. The van der Waals surface area contributed by atoms with Gasteiger partial charge in [-0.1, -0.05) is 17.8 Å². The summed E-state index contributed by atoms with van der Waals surface area (Å²) in [4.78, 5) is 25.9. The lowest BCUT2D eigenvalue weighted by Gasteiger charge is -2.34. The number of methoxy groups -OCH3 is 2. The predicted molar refractivity (Wildman–Crippen MR) is 119 cm³/mol. The molecule has 1 unspecified atom stereocenters. The molecule has 7 nitrogen and oxygen atoms in total. The fourth-order valence-corrected chi connectivity index (χ4v) is 5.18. The van der Waals surface area contributed by atoms with Gasteiger partial charge in [0.25, 0.3) is 5.91 Å². The number of pyridine rings is 1. The summed E-state index contributed by atoms with van der Waals surface area (Å²) < 4.78 is 10.8. The average Bonchev–Trinajstić information content (AvgIpc) is 3.03. The van der Waals surface area contributed by atoms with Crippen molar-refractivity contribution in [3.05, 3.63) is 66.0 Å². The van der Waals surface area contributed by atoms with Gasteiger partial charge < -0.3 is 15.2 Å². The number of amides is 1. The highest BCUT2D eigenvalue weighted by Crippen LogP contribution is 2.53. The van der Waals surface area contributed by atoms with Gasteiger partial charge in [0.1, 0.15) is 11.5 Å². The van der Waals surface area contributed by atoms with E-state index in [1.165, 1.54) is 4.90 Å². The van der Waals surface area contributed by atoms with E-state index in [1.54, 1.807) is 45.4 Å². The van der Waals surface area contributed by atoms with Crippen LogP contribution < -0.4 is 15.2 Å². The van der Waals surface area contributed by atoms with Gasteiger partial charge in [-0.3, -0.25) is 14.7 Å². The maximum atomic E-state index is 13.6. The zero-order valence-corrected chi connectivity index (χ0v) is 18.1. The maximum Gasteiger partial charge on any atom is 0.266 e. The molecule has 0 saturated heterocycles. The second kappa shape index (κ2) is 7.02. The van der Waals surface area contributed by atoms with Gasteiger partial charge in [-0.2, -0.15) is 0 Å². The van der Waals surface area contributed by atoms with Crippen molar-refractivity contribution in [2.45, 2.75) is 15.3 Å². The van der Waals surface area contributed by atoms with Gasteiger partial charge in [0.15, 0.2) is 11.5 Å². The van der Waals surface area contributed by atoms with Gasteiger partial charge in [-0.15, -0.1) is 0 Å². The number of benzene rings is 2. The number of hydrogen-bond acceptors (Lipinski definition) is 7. The van der Waals surface area contributed by atoms with E-state index < -0.39 is 5.54 Å². The molecule has 2 aliphatic heterocycles. The molecular formula is C23H20N4O3S. The van der Waals surface area contributed by atoms with Crippen LogP contribution in [0.15, 0.2) is 69.6 Å². The molecule has 31 heavy (non-hydrogen) atoms. The summed E-state index contributed by atoms with van der Waals surface area (Å²) >= 11 is 1.60. The lowest BCUT2D eigenvalue weighted by Crippen LogP contribution is -2.42. The number of hydrogen-bond donors (Lipinski definition) is 1. The normalized spacial score (nSPS) is 19.1. The first-order valence-corrected chi connectivity index (χ1v) is 10.4. The van der Waals surface area contributed by atoms with E-state index in [4.69, 9.17) is 20.2 Å². The first-order chi connectivity index (χ1) is 15.0. The Kier molecular flexibility index (Phi) is 4.40. The van der Waals surface area contributed by atoms with Gasteiger partial charge >= 0.3 is 0 Å². The maximum absolute atomic E-state index is 13.6. The van der Waals surface area contributed by atoms with Crippen molar-refractivity contribution in [2.75, 3.05) is 21.3 Å². The van der Waals surface area contributed by atoms with Crippen LogP contribution in [-0.2, 0) is 10.3 Å². The Morgan fingerprint density at radius 1 is 0.935 bits per heavy atom. The van der Waals surface area contributed by atoms with Crippen LogP contribution in [0.1, 0.15) is 11.1 Å². The third kappa shape index (κ3) is 2.79. The molecule has 1 aromatic heterocycles. The molecule has 156 valence electrons. The minimum atomic E-state index is -1.26. The SMILES string of the molecule is COc1cncc(-c2ccc3c(c2)C2(N=C(N)N(C)C2=O)c2cc(OC)ccc2S3)c1. The number of nitrogens with zero attached hydrogens (tertiary/aromatic N) is 3. The van der Waals surface area contributed by atoms with Crippen LogP contribution >= 0.6 is 11.8 Å². The fourth-order valence-electron chi connectivity index (χ4n) is 4.03. The molecule has 0 radical (unpaired) electrons. The Hall–Kier alpha value is -3.52. The number of nitrogens with two attached hydrogens (primary N) is 1. The molecule has 0 bridgehead atoms. The molecule has 8 heteroatoms. The van der Waals surface area contributed by atoms with Crippen LogP contribution in [0.5, 0.6) is 11.5 Å². The van der Waals surface area contributed by atoms with Crippen molar-refractivity contribution >= 4 is 23.6 Å². The summed E-state index contributed by atoms with van der Waals surface area (Å²) in [6.07, 6.45) is 3.42. The second-order valence-electron chi connectivity index (χ2n) is 7.33. The number of carbonyl (C=O) groups excluding carboxylic acids is 1. The first kappa shape index (κ1) is 19.4. The molecule has 1 amide bonds. The third-order valence-corrected chi connectivity index (χ3v) is 6.84. The van der Waals surface area contributed by atoms with Gasteiger partial charge in [0, 0.05) is 39.7 Å². The largest absolute Gasteiger partial charge is 0.497 e. The van der Waals surface area contributed by atoms with Crippen LogP contribution in [0.3, 0.4) is 0 Å². The Balaban J connectivity index is 1.77. The molecule has 0 saturated carbocycles. The lowest BCUT2D eigenvalue weighted by molar-refractivity contribution is -0.129. The summed E-state index contributed by atoms with van der Waals surface area (Å²) in [7, 11) is 4.85. The van der Waals surface area contributed by atoms with Crippen molar-refractivity contribution in [1.82, 2.24) is 9.88 Å². The minimum Gasteiger partial charge on any atom is -0.497 e. The van der Waals surface area contributed by atoms with Crippen LogP contribution in [0.25, 0.3) is 11.1 Å². The highest BCUT2D eigenvalue weighted by molar-refractivity contribution is 7.99. The van der Waals surface area contributed by atoms with E-state index >= 15 is 0 Å². The van der Waals surface area contributed by atoms with E-state index in [0.29, 0.717) is 11.5 Å². The molecule has 1 spiro atoms. The number of carbonyl (C=O) groups is 1. The molecular weight excluding hydrogens is 412 g/mol. The topological polar surface area (TPSA) is 90.0 Å². The zero-order chi connectivity index (χ0) is 21.8. The molecule has 2 aromatic carbocycles. The van der Waals surface area contributed by atoms with Gasteiger partial charge in [-0.05, 0) is 42.0 Å². The van der Waals surface area contributed by atoms with Gasteiger partial charge in [0.2, 0.25) is 0 Å². The smallest absolute Gasteiger partial charge is 0.266 e. The standard InChI is InChI=1S/C23H20N4O3S/c1-27-21(28)23(26-22(27)24)17-9-13(14-8-16(30-3)12-25-11-14)4-6-19(17)31-20-7-5-15(29-2)10-18(20)23/h4-12H,1-3H3,(H2,24,26). The van der Waals surface area contributed by atoms with Gasteiger partial charge in [0.05, 0.1) is 20.4 Å². The Labute approximate surface area is 183 Å². The quantitative estimate of drug-likeness (QED) is 0.683. The number of ether oxygens (including phenoxy) is 2. The summed E-state index contributed by atoms with van der Waals surface area (Å²) in [6, 6.07) is 13.7. The fraction of sp³-hybridized carbons (Fsp3) is 0.174. The molecule has 3 aromatic rings. The van der Waals surface area contributed by atoms with Crippen molar-refractivity contribution in [1.29, 1.82) is 0 Å². The Morgan fingerprint density at radius 2 is 1.65 bits per heavy atom. The summed E-state index contributed by atoms with van der Waals surface area (Å²) in [5, 5.41) is 0. The first-order valence-electron chi connectivity index (χ1n) is 9.61. The predicted octanol–water partition coefficient (Wildman–Crippen LogP) is 3.26. The third-order valence-electron chi connectivity index (χ3n) is 5.69. The number of aliphatic imine (C=N–C) groups is 1. The van der Waals surface area contributed by atoms with Crippen LogP contribution in [0.4, 0.5) is 0 Å². The highest BCUT2D eigenvalue weighted by Gasteiger charge is 2.53. The van der Waals surface area contributed by atoms with E-state index in [0.717, 1.165) is 32.0 Å². The summed E-state index contributed by atoms with van der Waals surface area (Å²) in [5.41, 5.74) is 8.23. The molecule has 1 atom stereocenters. The van der Waals surface area contributed by atoms with E-state index in [-0.39, 0.29) is 11.9 Å². The molecule has 0 aliphatic carbocycles. The van der Waals surface area contributed by atoms with E-state index in [9.17, 15) is 4.79 Å². The molecule has 2 N–H and O–H groups in total. The Morgan fingerprint density at radius 3 is 2.32 bits per heavy atom. The van der Waals surface area contributed by atoms with Crippen LogP contribution in [0.2, 0.25) is 0 Å². The number of rotatable bonds is 3. The van der Waals surface area contributed by atoms with Gasteiger partial charge in [-0.25, -0.2) is 4.99 Å². The van der Waals surface area contributed by atoms with Crippen molar-refractivity contribution < 1.29 is 14.3 Å². The van der Waals surface area contributed by atoms with Crippen molar-refractivity contribution in [3.8, 4) is 22.6 Å². The second-order valence-corrected chi connectivity index (χ2v) is 8.42. The number of guanidine groups is 1. The number of likely N-dealkylation sites (N-methyl/N-ethyl adjacent to an activating group) is 1. The average molecular weight is 433 g/mol. The van der Waals surface area contributed by atoms with Crippen molar-refractivity contribution in [2.24, 2.45) is 10.7 Å². The summed E-state index contributed by atoms with van der Waals surface area (Å²) in [6.45, 7) is 0. The highest BCUT2D eigenvalue weighted by atomic mass is 32.2. The zero-order valence-electron chi connectivity index (χ0n) is 17.2. The van der Waals surface area contributed by atoms with Crippen LogP contribution in [-0.4, -0.2) is 43.0 Å². The monoisotopic (exact) mass is 432 g/mol. The Bertz CT molecular complexity index is 1260. The molecule has 2 aliphatic rings. The minimum absolute atomic E-state index is 0.185. The molecule has 5 rings (SSSR count). The van der Waals surface area contributed by atoms with E-state index in [2.05, 4.69) is 4.98 Å². The number of aromatic nitrogens is 1. The van der Waals surface area contributed by atoms with Crippen LogP contribution in [0, 0.1) is 0 Å². The number of fused-ring (bicyclic) bond motifs is 4. The van der Waals surface area contributed by atoms with E-state index in [1.807, 2.05) is 42.5 Å².